The van der Waals surface area contributed by atoms with Crippen molar-refractivity contribution in [3.8, 4) is 5.75 Å². The highest BCUT2D eigenvalue weighted by atomic mass is 31.1. The van der Waals surface area contributed by atoms with Crippen molar-refractivity contribution >= 4 is 19.2 Å². The molecule has 1 aliphatic carbocycles. The van der Waals surface area contributed by atoms with Gasteiger partial charge in [-0.3, -0.25) is 0 Å². The van der Waals surface area contributed by atoms with Gasteiger partial charge in [0.15, 0.2) is 6.79 Å². The van der Waals surface area contributed by atoms with E-state index in [1.807, 2.05) is 24.3 Å². The summed E-state index contributed by atoms with van der Waals surface area (Å²) in [5.74, 6) is 1.11. The summed E-state index contributed by atoms with van der Waals surface area (Å²) in [7, 11) is 1.81. The lowest BCUT2D eigenvalue weighted by Crippen LogP contribution is -2.15. The minimum atomic E-state index is -0.177. The fourth-order valence-electron chi connectivity index (χ4n) is 2.91. The third-order valence-corrected chi connectivity index (χ3v) is 5.45. The zero-order valence-electron chi connectivity index (χ0n) is 14.2. The minimum Gasteiger partial charge on any atom is -0.467 e. The molecular formula is C21H22FO2P. The molecule has 0 fully saturated rings. The van der Waals surface area contributed by atoms with Gasteiger partial charge in [0.25, 0.3) is 0 Å². The number of benzene rings is 2. The van der Waals surface area contributed by atoms with Crippen molar-refractivity contribution in [1.82, 2.24) is 0 Å². The first-order valence-corrected chi connectivity index (χ1v) is 9.36. The van der Waals surface area contributed by atoms with Gasteiger partial charge < -0.3 is 9.47 Å². The molecule has 2 unspecified atom stereocenters. The standard InChI is InChI=1S/C21H22FO2P/c1-23-15-24-21-17(14-16-8-3-2-4-9-16)10-7-13-20(21)25-19-12-6-5-11-18(19)22/h2-8,10-13,16,25H,9,14-15H2,1H3. The summed E-state index contributed by atoms with van der Waals surface area (Å²) in [5.41, 5.74) is 1.14. The molecule has 0 radical (unpaired) electrons. The van der Waals surface area contributed by atoms with Gasteiger partial charge in [-0.15, -0.1) is 0 Å². The highest BCUT2D eigenvalue weighted by Gasteiger charge is 2.15. The van der Waals surface area contributed by atoms with Crippen molar-refractivity contribution in [1.29, 1.82) is 0 Å². The molecule has 130 valence electrons. The molecule has 1 aliphatic rings. The number of methoxy groups -OCH3 is 1. The van der Waals surface area contributed by atoms with Crippen LogP contribution in [0.2, 0.25) is 0 Å². The predicted molar refractivity (Wildman–Crippen MR) is 103 cm³/mol. The molecular weight excluding hydrogens is 334 g/mol. The lowest BCUT2D eigenvalue weighted by atomic mass is 9.93. The smallest absolute Gasteiger partial charge is 0.188 e. The molecule has 2 aromatic rings. The van der Waals surface area contributed by atoms with E-state index in [1.54, 1.807) is 13.2 Å². The number of hydrogen-bond donors (Lipinski definition) is 0. The Morgan fingerprint density at radius 2 is 1.92 bits per heavy atom. The summed E-state index contributed by atoms with van der Waals surface area (Å²) < 4.78 is 25.0. The van der Waals surface area contributed by atoms with Crippen LogP contribution in [-0.4, -0.2) is 13.9 Å². The lowest BCUT2D eigenvalue weighted by molar-refractivity contribution is 0.0511. The van der Waals surface area contributed by atoms with Gasteiger partial charge in [-0.2, -0.15) is 0 Å². The van der Waals surface area contributed by atoms with E-state index in [1.165, 1.54) is 6.07 Å². The number of hydrogen-bond acceptors (Lipinski definition) is 2. The molecule has 2 aromatic carbocycles. The Labute approximate surface area is 150 Å². The average molecular weight is 356 g/mol. The third-order valence-electron chi connectivity index (χ3n) is 4.11. The first kappa shape index (κ1) is 17.8. The average Bonchev–Trinajstić information content (AvgIpc) is 2.64. The van der Waals surface area contributed by atoms with Crippen molar-refractivity contribution in [2.45, 2.75) is 12.8 Å². The van der Waals surface area contributed by atoms with Crippen LogP contribution < -0.4 is 15.3 Å². The van der Waals surface area contributed by atoms with Crippen LogP contribution in [0.15, 0.2) is 66.8 Å². The van der Waals surface area contributed by atoms with Gasteiger partial charge in [0.1, 0.15) is 11.6 Å². The Kier molecular flexibility index (Phi) is 6.38. The van der Waals surface area contributed by atoms with E-state index in [0.29, 0.717) is 11.2 Å². The van der Waals surface area contributed by atoms with Crippen LogP contribution in [0.3, 0.4) is 0 Å². The van der Waals surface area contributed by atoms with Crippen LogP contribution in [0.4, 0.5) is 4.39 Å². The number of ether oxygens (including phenoxy) is 2. The second-order valence-corrected chi connectivity index (χ2v) is 7.29. The highest BCUT2D eigenvalue weighted by Crippen LogP contribution is 2.28. The summed E-state index contributed by atoms with van der Waals surface area (Å²) in [6, 6.07) is 13.0. The molecule has 0 aromatic heterocycles. The van der Waals surface area contributed by atoms with Gasteiger partial charge in [0, 0.05) is 17.7 Å². The molecule has 0 saturated carbocycles. The Morgan fingerprint density at radius 1 is 1.08 bits per heavy atom. The number of halogens is 1. The second kappa shape index (κ2) is 8.94. The Hall–Kier alpha value is -1.96. The SMILES string of the molecule is COCOc1c(CC2C=CC=CC2)cccc1Pc1ccccc1F. The fraction of sp³-hybridized carbons (Fsp3) is 0.238. The summed E-state index contributed by atoms with van der Waals surface area (Å²) in [6.45, 7) is 0.187. The van der Waals surface area contributed by atoms with E-state index in [2.05, 4.69) is 30.4 Å². The number of para-hydroxylation sites is 1. The van der Waals surface area contributed by atoms with Gasteiger partial charge >= 0.3 is 0 Å². The largest absolute Gasteiger partial charge is 0.467 e. The normalized spacial score (nSPS) is 16.6. The van der Waals surface area contributed by atoms with E-state index in [-0.39, 0.29) is 21.2 Å². The molecule has 0 aliphatic heterocycles. The van der Waals surface area contributed by atoms with Crippen molar-refractivity contribution in [2.24, 2.45) is 5.92 Å². The van der Waals surface area contributed by atoms with Crippen LogP contribution in [0.1, 0.15) is 12.0 Å². The summed E-state index contributed by atoms with van der Waals surface area (Å²) in [4.78, 5) is 0. The Balaban J connectivity index is 1.88. The van der Waals surface area contributed by atoms with Crippen LogP contribution in [0.5, 0.6) is 5.75 Å². The second-order valence-electron chi connectivity index (χ2n) is 5.96. The van der Waals surface area contributed by atoms with Crippen molar-refractivity contribution in [2.75, 3.05) is 13.9 Å². The number of rotatable bonds is 7. The zero-order valence-corrected chi connectivity index (χ0v) is 15.2. The van der Waals surface area contributed by atoms with Crippen molar-refractivity contribution < 1.29 is 13.9 Å². The molecule has 3 rings (SSSR count). The predicted octanol–water partition coefficient (Wildman–Crippen LogP) is 4.11. The topological polar surface area (TPSA) is 18.5 Å². The first-order chi connectivity index (χ1) is 12.3. The summed E-state index contributed by atoms with van der Waals surface area (Å²) in [5, 5.41) is 1.71. The monoisotopic (exact) mass is 356 g/mol. The van der Waals surface area contributed by atoms with E-state index in [0.717, 1.165) is 29.5 Å². The maximum atomic E-state index is 14.1. The molecule has 0 heterocycles. The third kappa shape index (κ3) is 4.78. The maximum absolute atomic E-state index is 14.1. The van der Waals surface area contributed by atoms with Gasteiger partial charge in [0.05, 0.1) is 0 Å². The zero-order chi connectivity index (χ0) is 17.5. The Bertz CT molecular complexity index is 770. The van der Waals surface area contributed by atoms with Crippen LogP contribution in [-0.2, 0) is 11.2 Å². The Morgan fingerprint density at radius 3 is 2.68 bits per heavy atom. The quantitative estimate of drug-likeness (QED) is 0.549. The van der Waals surface area contributed by atoms with Gasteiger partial charge in [-0.25, -0.2) is 4.39 Å². The van der Waals surface area contributed by atoms with Crippen LogP contribution >= 0.6 is 8.58 Å². The summed E-state index contributed by atoms with van der Waals surface area (Å²) in [6.07, 6.45) is 10.5. The highest BCUT2D eigenvalue weighted by molar-refractivity contribution is 7.55. The lowest BCUT2D eigenvalue weighted by Gasteiger charge is -2.19. The molecule has 0 N–H and O–H groups in total. The minimum absolute atomic E-state index is 0.177. The first-order valence-electron chi connectivity index (χ1n) is 8.36. The maximum Gasteiger partial charge on any atom is 0.188 e. The fourth-order valence-corrected chi connectivity index (χ4v) is 4.10. The van der Waals surface area contributed by atoms with E-state index in [4.69, 9.17) is 9.47 Å². The van der Waals surface area contributed by atoms with Gasteiger partial charge in [-0.1, -0.05) is 69.3 Å². The van der Waals surface area contributed by atoms with E-state index in [9.17, 15) is 4.39 Å². The van der Waals surface area contributed by atoms with Gasteiger partial charge in [-0.05, 0) is 30.4 Å². The molecule has 2 atom stereocenters. The van der Waals surface area contributed by atoms with E-state index >= 15 is 0 Å². The molecule has 2 nitrogen and oxygen atoms in total. The van der Waals surface area contributed by atoms with Crippen molar-refractivity contribution in [3.05, 3.63) is 78.1 Å². The van der Waals surface area contributed by atoms with Crippen LogP contribution in [0, 0.1) is 11.7 Å². The molecule has 25 heavy (non-hydrogen) atoms. The summed E-state index contributed by atoms with van der Waals surface area (Å²) >= 11 is 0. The van der Waals surface area contributed by atoms with Crippen molar-refractivity contribution in [3.63, 3.8) is 0 Å². The number of allylic oxidation sites excluding steroid dienone is 4. The van der Waals surface area contributed by atoms with Gasteiger partial charge in [0.2, 0.25) is 0 Å². The molecule has 0 bridgehead atoms. The molecule has 0 amide bonds. The molecule has 4 heteroatoms. The van der Waals surface area contributed by atoms with Crippen LogP contribution in [0.25, 0.3) is 0 Å². The molecule has 0 spiro atoms. The molecule has 0 saturated heterocycles. The van der Waals surface area contributed by atoms with E-state index < -0.39 is 0 Å².